The summed E-state index contributed by atoms with van der Waals surface area (Å²) in [7, 11) is 0. The number of anilines is 1. The SMILES string of the molecule is CC(=O)c1cccc(NC(=O)N2CCCC[C@H]2CCc2ccccn2)c1. The summed E-state index contributed by atoms with van der Waals surface area (Å²) in [4.78, 5) is 30.6. The molecule has 1 atom stereocenters. The van der Waals surface area contributed by atoms with Gasteiger partial charge in [0, 0.05) is 35.7 Å². The molecular weight excluding hydrogens is 326 g/mol. The third kappa shape index (κ3) is 4.69. The van der Waals surface area contributed by atoms with Crippen molar-refractivity contribution in [1.82, 2.24) is 9.88 Å². The van der Waals surface area contributed by atoms with Crippen LogP contribution in [0.1, 0.15) is 48.7 Å². The van der Waals surface area contributed by atoms with Crippen LogP contribution in [-0.2, 0) is 6.42 Å². The van der Waals surface area contributed by atoms with Crippen LogP contribution in [-0.4, -0.2) is 34.3 Å². The Balaban J connectivity index is 1.64. The predicted octanol–water partition coefficient (Wildman–Crippen LogP) is 4.30. The van der Waals surface area contributed by atoms with E-state index in [4.69, 9.17) is 0 Å². The number of amides is 2. The van der Waals surface area contributed by atoms with Crippen molar-refractivity contribution in [2.45, 2.75) is 45.1 Å². The summed E-state index contributed by atoms with van der Waals surface area (Å²) in [5, 5.41) is 2.95. The first-order chi connectivity index (χ1) is 12.6. The maximum absolute atomic E-state index is 12.8. The Morgan fingerprint density at radius 3 is 2.85 bits per heavy atom. The number of carbonyl (C=O) groups is 2. The Morgan fingerprint density at radius 1 is 1.19 bits per heavy atom. The van der Waals surface area contributed by atoms with E-state index < -0.39 is 0 Å². The molecule has 0 bridgehead atoms. The minimum atomic E-state index is -0.0866. The lowest BCUT2D eigenvalue weighted by Gasteiger charge is -2.35. The summed E-state index contributed by atoms with van der Waals surface area (Å²) in [5.74, 6) is -0.00712. The number of aromatic nitrogens is 1. The molecule has 2 amide bonds. The molecule has 0 aliphatic carbocycles. The fraction of sp³-hybridized carbons (Fsp3) is 0.381. The molecule has 5 heteroatoms. The number of nitrogens with zero attached hydrogens (tertiary/aromatic N) is 2. The molecule has 1 aromatic carbocycles. The quantitative estimate of drug-likeness (QED) is 0.817. The standard InChI is InChI=1S/C21H25N3O2/c1-16(25)17-7-6-9-19(15-17)23-21(26)24-14-5-3-10-20(24)12-11-18-8-2-4-13-22-18/h2,4,6-9,13,15,20H,3,5,10-12,14H2,1H3,(H,23,26)/t20-/m0/s1. The number of Topliss-reactive ketones (excluding diaryl/α,β-unsaturated/α-hetero) is 1. The van der Waals surface area contributed by atoms with Gasteiger partial charge in [-0.15, -0.1) is 0 Å². The normalized spacial score (nSPS) is 17.0. The molecular formula is C21H25N3O2. The highest BCUT2D eigenvalue weighted by atomic mass is 16.2. The van der Waals surface area contributed by atoms with E-state index in [1.807, 2.05) is 35.4 Å². The maximum Gasteiger partial charge on any atom is 0.322 e. The molecule has 1 aromatic heterocycles. The third-order valence-corrected chi connectivity index (χ3v) is 4.87. The van der Waals surface area contributed by atoms with Crippen LogP contribution in [0.3, 0.4) is 0 Å². The lowest BCUT2D eigenvalue weighted by molar-refractivity contribution is 0.101. The van der Waals surface area contributed by atoms with Gasteiger partial charge in [0.2, 0.25) is 0 Å². The van der Waals surface area contributed by atoms with Gasteiger partial charge in [-0.05, 0) is 63.3 Å². The fourth-order valence-corrected chi connectivity index (χ4v) is 3.44. The molecule has 3 rings (SSSR count). The monoisotopic (exact) mass is 351 g/mol. The van der Waals surface area contributed by atoms with Crippen LogP contribution in [0.15, 0.2) is 48.7 Å². The van der Waals surface area contributed by atoms with E-state index in [9.17, 15) is 9.59 Å². The van der Waals surface area contributed by atoms with Crippen LogP contribution in [0, 0.1) is 0 Å². The Bertz CT molecular complexity index is 761. The number of likely N-dealkylation sites (tertiary alicyclic amines) is 1. The highest BCUT2D eigenvalue weighted by Crippen LogP contribution is 2.22. The van der Waals surface area contributed by atoms with Crippen LogP contribution in [0.5, 0.6) is 0 Å². The summed E-state index contributed by atoms with van der Waals surface area (Å²) in [6.45, 7) is 2.30. The van der Waals surface area contributed by atoms with E-state index in [1.165, 1.54) is 6.92 Å². The minimum absolute atomic E-state index is 0.00712. The minimum Gasteiger partial charge on any atom is -0.322 e. The van der Waals surface area contributed by atoms with Gasteiger partial charge in [-0.2, -0.15) is 0 Å². The number of hydrogen-bond donors (Lipinski definition) is 1. The zero-order valence-corrected chi connectivity index (χ0v) is 15.1. The topological polar surface area (TPSA) is 62.3 Å². The Labute approximate surface area is 154 Å². The van der Waals surface area contributed by atoms with E-state index in [1.54, 1.807) is 18.2 Å². The number of urea groups is 1. The number of piperidine rings is 1. The molecule has 0 unspecified atom stereocenters. The van der Waals surface area contributed by atoms with E-state index >= 15 is 0 Å². The van der Waals surface area contributed by atoms with E-state index in [0.717, 1.165) is 44.3 Å². The number of nitrogens with one attached hydrogen (secondary N) is 1. The Kier molecular flexibility index (Phi) is 6.00. The van der Waals surface area contributed by atoms with Crippen molar-refractivity contribution in [3.05, 3.63) is 59.9 Å². The molecule has 1 aliphatic rings. The maximum atomic E-state index is 12.8. The molecule has 1 N–H and O–H groups in total. The lowest BCUT2D eigenvalue weighted by atomic mass is 9.97. The van der Waals surface area contributed by atoms with Gasteiger partial charge in [0.25, 0.3) is 0 Å². The molecule has 1 aliphatic heterocycles. The van der Waals surface area contributed by atoms with Crippen molar-refractivity contribution in [1.29, 1.82) is 0 Å². The first kappa shape index (κ1) is 18.1. The average Bonchev–Trinajstić information content (AvgIpc) is 2.67. The summed E-state index contributed by atoms with van der Waals surface area (Å²) >= 11 is 0. The van der Waals surface area contributed by atoms with Crippen LogP contribution < -0.4 is 5.32 Å². The lowest BCUT2D eigenvalue weighted by Crippen LogP contribution is -2.46. The van der Waals surface area contributed by atoms with Crippen molar-refractivity contribution in [2.24, 2.45) is 0 Å². The van der Waals surface area contributed by atoms with Crippen LogP contribution >= 0.6 is 0 Å². The van der Waals surface area contributed by atoms with Crippen LogP contribution in [0.4, 0.5) is 10.5 Å². The second-order valence-corrected chi connectivity index (χ2v) is 6.77. The van der Waals surface area contributed by atoms with Crippen LogP contribution in [0.2, 0.25) is 0 Å². The van der Waals surface area contributed by atoms with Gasteiger partial charge in [0.15, 0.2) is 5.78 Å². The molecule has 1 saturated heterocycles. The molecule has 0 radical (unpaired) electrons. The molecule has 0 spiro atoms. The number of pyridine rings is 1. The van der Waals surface area contributed by atoms with Gasteiger partial charge in [-0.3, -0.25) is 9.78 Å². The van der Waals surface area contributed by atoms with Gasteiger partial charge < -0.3 is 10.2 Å². The third-order valence-electron chi connectivity index (χ3n) is 4.87. The second kappa shape index (κ2) is 8.61. The number of ketones is 1. The van der Waals surface area contributed by atoms with Gasteiger partial charge in [-0.1, -0.05) is 18.2 Å². The van der Waals surface area contributed by atoms with Crippen molar-refractivity contribution >= 4 is 17.5 Å². The largest absolute Gasteiger partial charge is 0.322 e. The number of hydrogen-bond acceptors (Lipinski definition) is 3. The van der Waals surface area contributed by atoms with Gasteiger partial charge >= 0.3 is 6.03 Å². The van der Waals surface area contributed by atoms with E-state index in [2.05, 4.69) is 10.3 Å². The molecule has 5 nitrogen and oxygen atoms in total. The predicted molar refractivity (Wildman–Crippen MR) is 102 cm³/mol. The molecule has 136 valence electrons. The zero-order valence-electron chi connectivity index (χ0n) is 15.1. The zero-order chi connectivity index (χ0) is 18.4. The van der Waals surface area contributed by atoms with Gasteiger partial charge in [0.05, 0.1) is 0 Å². The molecule has 2 heterocycles. The Hall–Kier alpha value is -2.69. The number of carbonyl (C=O) groups excluding carboxylic acids is 2. The van der Waals surface area contributed by atoms with E-state index in [-0.39, 0.29) is 17.9 Å². The molecule has 2 aromatic rings. The highest BCUT2D eigenvalue weighted by molar-refractivity contribution is 5.96. The van der Waals surface area contributed by atoms with E-state index in [0.29, 0.717) is 11.3 Å². The van der Waals surface area contributed by atoms with Crippen molar-refractivity contribution in [2.75, 3.05) is 11.9 Å². The van der Waals surface area contributed by atoms with Gasteiger partial charge in [0.1, 0.15) is 0 Å². The Morgan fingerprint density at radius 2 is 2.08 bits per heavy atom. The average molecular weight is 351 g/mol. The number of aryl methyl sites for hydroxylation is 1. The highest BCUT2D eigenvalue weighted by Gasteiger charge is 2.26. The summed E-state index contributed by atoms with van der Waals surface area (Å²) in [6, 6.07) is 13.2. The van der Waals surface area contributed by atoms with Gasteiger partial charge in [-0.25, -0.2) is 4.79 Å². The molecule has 1 fully saturated rings. The summed E-state index contributed by atoms with van der Waals surface area (Å²) in [5.41, 5.74) is 2.33. The second-order valence-electron chi connectivity index (χ2n) is 6.77. The number of benzene rings is 1. The van der Waals surface area contributed by atoms with Crippen molar-refractivity contribution in [3.63, 3.8) is 0 Å². The smallest absolute Gasteiger partial charge is 0.322 e. The first-order valence-electron chi connectivity index (χ1n) is 9.22. The first-order valence-corrected chi connectivity index (χ1v) is 9.22. The molecule has 0 saturated carbocycles. The van der Waals surface area contributed by atoms with Crippen molar-refractivity contribution in [3.8, 4) is 0 Å². The van der Waals surface area contributed by atoms with Crippen molar-refractivity contribution < 1.29 is 9.59 Å². The summed E-state index contributed by atoms with van der Waals surface area (Å²) in [6.07, 6.45) is 6.79. The van der Waals surface area contributed by atoms with Crippen LogP contribution in [0.25, 0.3) is 0 Å². The fourth-order valence-electron chi connectivity index (χ4n) is 3.44. The summed E-state index contributed by atoms with van der Waals surface area (Å²) < 4.78 is 0. The molecule has 26 heavy (non-hydrogen) atoms. The number of rotatable bonds is 5.